The fraction of sp³-hybridized carbons (Fsp3) is 0.400. The second-order valence-electron chi connectivity index (χ2n) is 9.49. The minimum atomic E-state index is -0.985. The zero-order chi connectivity index (χ0) is 24.9. The van der Waals surface area contributed by atoms with Gasteiger partial charge in [-0.2, -0.15) is 5.10 Å². The number of aromatic amines is 1. The summed E-state index contributed by atoms with van der Waals surface area (Å²) < 4.78 is 32.9. The third-order valence-electron chi connectivity index (χ3n) is 6.60. The fourth-order valence-corrected chi connectivity index (χ4v) is 5.13. The molecule has 2 atom stereocenters. The Hall–Kier alpha value is -3.50. The van der Waals surface area contributed by atoms with E-state index in [1.165, 1.54) is 13.2 Å². The first-order valence-electron chi connectivity index (χ1n) is 11.3. The monoisotopic (exact) mass is 482 g/mol. The van der Waals surface area contributed by atoms with Crippen molar-refractivity contribution >= 4 is 28.0 Å². The molecule has 3 aromatic heterocycles. The average molecular weight is 483 g/mol. The van der Waals surface area contributed by atoms with Crippen molar-refractivity contribution in [3.05, 3.63) is 47.5 Å². The molecule has 184 valence electrons. The van der Waals surface area contributed by atoms with Crippen LogP contribution < -0.4 is 4.74 Å². The van der Waals surface area contributed by atoms with E-state index in [0.717, 1.165) is 22.2 Å². The van der Waals surface area contributed by atoms with Gasteiger partial charge in [0.1, 0.15) is 0 Å². The van der Waals surface area contributed by atoms with Gasteiger partial charge in [-0.1, -0.05) is 13.8 Å². The van der Waals surface area contributed by atoms with Gasteiger partial charge in [-0.15, -0.1) is 0 Å². The Balaban J connectivity index is 1.87. The van der Waals surface area contributed by atoms with E-state index in [1.807, 2.05) is 10.6 Å². The normalized spacial score (nSPS) is 18.5. The maximum atomic E-state index is 14.3. The average Bonchev–Trinajstić information content (AvgIpc) is 3.54. The van der Waals surface area contributed by atoms with Crippen LogP contribution in [0.4, 0.5) is 4.39 Å². The molecule has 1 saturated heterocycles. The molecule has 4 heterocycles. The largest absolute Gasteiger partial charge is 0.494 e. The number of H-pyrrole nitrogens is 1. The van der Waals surface area contributed by atoms with Crippen LogP contribution in [0.5, 0.6) is 5.75 Å². The summed E-state index contributed by atoms with van der Waals surface area (Å²) in [4.78, 5) is 16.6. The smallest absolute Gasteiger partial charge is 0.332 e. The number of hydrogen-bond acceptors (Lipinski definition) is 6. The van der Waals surface area contributed by atoms with Gasteiger partial charge in [-0.3, -0.25) is 5.10 Å². The van der Waals surface area contributed by atoms with E-state index < -0.39 is 23.3 Å². The van der Waals surface area contributed by atoms with Gasteiger partial charge in [0, 0.05) is 46.8 Å². The lowest BCUT2D eigenvalue weighted by atomic mass is 9.82. The van der Waals surface area contributed by atoms with E-state index >= 15 is 0 Å². The van der Waals surface area contributed by atoms with Gasteiger partial charge in [0.05, 0.1) is 37.6 Å². The van der Waals surface area contributed by atoms with Gasteiger partial charge in [0.2, 0.25) is 0 Å². The molecule has 0 radical (unpaired) electrons. The second-order valence-corrected chi connectivity index (χ2v) is 9.49. The van der Waals surface area contributed by atoms with Crippen molar-refractivity contribution in [2.45, 2.75) is 37.7 Å². The van der Waals surface area contributed by atoms with Crippen molar-refractivity contribution in [3.63, 3.8) is 0 Å². The van der Waals surface area contributed by atoms with Crippen LogP contribution in [0, 0.1) is 5.82 Å². The van der Waals surface area contributed by atoms with Gasteiger partial charge < -0.3 is 23.9 Å². The molecule has 4 aromatic rings. The summed E-state index contributed by atoms with van der Waals surface area (Å²) >= 11 is 0. The highest BCUT2D eigenvalue weighted by Gasteiger charge is 2.40. The summed E-state index contributed by atoms with van der Waals surface area (Å²) in [6.07, 6.45) is 1.13. The van der Waals surface area contributed by atoms with E-state index in [4.69, 9.17) is 19.2 Å². The number of aromatic nitrogens is 4. The number of halogens is 1. The highest BCUT2D eigenvalue weighted by atomic mass is 19.1. The van der Waals surface area contributed by atoms with E-state index in [-0.39, 0.29) is 18.3 Å². The molecule has 0 spiro atoms. The molecular formula is C25H27FN4O5. The van der Waals surface area contributed by atoms with Crippen LogP contribution in [-0.2, 0) is 19.7 Å². The van der Waals surface area contributed by atoms with E-state index in [9.17, 15) is 14.3 Å². The molecular weight excluding hydrogens is 455 g/mol. The lowest BCUT2D eigenvalue weighted by Gasteiger charge is -2.29. The molecule has 0 saturated carbocycles. The SMILES string of the molecule is COCC(C)(C)c1c([C@@H]2COC(C(=O)O)C2)c2nc3[nH]ncc3cc2n1-c1ccc(F)c(OC)c1. The number of fused-ring (bicyclic) bond motifs is 2. The first-order chi connectivity index (χ1) is 16.7. The van der Waals surface area contributed by atoms with Crippen molar-refractivity contribution in [3.8, 4) is 11.4 Å². The summed E-state index contributed by atoms with van der Waals surface area (Å²) in [6, 6.07) is 6.70. The predicted octanol–water partition coefficient (Wildman–Crippen LogP) is 3.93. The first kappa shape index (κ1) is 23.3. The van der Waals surface area contributed by atoms with E-state index in [1.54, 1.807) is 25.4 Å². The Kier molecular flexibility index (Phi) is 5.72. The predicted molar refractivity (Wildman–Crippen MR) is 127 cm³/mol. The summed E-state index contributed by atoms with van der Waals surface area (Å²) in [6.45, 7) is 4.76. The minimum Gasteiger partial charge on any atom is -0.494 e. The molecule has 1 fully saturated rings. The maximum Gasteiger partial charge on any atom is 0.332 e. The highest BCUT2D eigenvalue weighted by molar-refractivity contribution is 5.94. The van der Waals surface area contributed by atoms with Crippen LogP contribution in [0.15, 0.2) is 30.5 Å². The maximum absolute atomic E-state index is 14.3. The van der Waals surface area contributed by atoms with Crippen molar-refractivity contribution in [2.24, 2.45) is 0 Å². The van der Waals surface area contributed by atoms with E-state index in [0.29, 0.717) is 29.9 Å². The summed E-state index contributed by atoms with van der Waals surface area (Å²) in [5, 5.41) is 17.4. The second kappa shape index (κ2) is 8.62. The number of carbonyl (C=O) groups is 1. The Morgan fingerprint density at radius 2 is 2.14 bits per heavy atom. The number of methoxy groups -OCH3 is 2. The summed E-state index contributed by atoms with van der Waals surface area (Å²) in [5.41, 5.74) is 4.10. The van der Waals surface area contributed by atoms with Gasteiger partial charge in [0.25, 0.3) is 0 Å². The summed E-state index contributed by atoms with van der Waals surface area (Å²) in [5.74, 6) is -1.54. The minimum absolute atomic E-state index is 0.119. The van der Waals surface area contributed by atoms with Crippen molar-refractivity contribution < 1.29 is 28.5 Å². The molecule has 1 aromatic carbocycles. The lowest BCUT2D eigenvalue weighted by molar-refractivity contribution is -0.147. The molecule has 35 heavy (non-hydrogen) atoms. The summed E-state index contributed by atoms with van der Waals surface area (Å²) in [7, 11) is 3.07. The fourth-order valence-electron chi connectivity index (χ4n) is 5.13. The first-order valence-corrected chi connectivity index (χ1v) is 11.3. The molecule has 5 rings (SSSR count). The van der Waals surface area contributed by atoms with Crippen molar-refractivity contribution in [1.82, 2.24) is 19.7 Å². The number of ether oxygens (including phenoxy) is 3. The molecule has 0 amide bonds. The Bertz CT molecular complexity index is 1430. The van der Waals surface area contributed by atoms with Crippen molar-refractivity contribution in [1.29, 1.82) is 0 Å². The van der Waals surface area contributed by atoms with Gasteiger partial charge in [0.15, 0.2) is 23.3 Å². The Morgan fingerprint density at radius 3 is 2.83 bits per heavy atom. The lowest BCUT2D eigenvalue weighted by Crippen LogP contribution is -2.29. The molecule has 1 unspecified atom stereocenters. The van der Waals surface area contributed by atoms with Crippen LogP contribution in [-0.4, -0.2) is 64.4 Å². The molecule has 1 aliphatic heterocycles. The van der Waals surface area contributed by atoms with Gasteiger partial charge >= 0.3 is 5.97 Å². The van der Waals surface area contributed by atoms with Crippen LogP contribution in [0.3, 0.4) is 0 Å². The number of nitrogens with zero attached hydrogens (tertiary/aromatic N) is 3. The Morgan fingerprint density at radius 1 is 1.34 bits per heavy atom. The number of carboxylic acids is 1. The number of aliphatic carboxylic acids is 1. The molecule has 0 bridgehead atoms. The van der Waals surface area contributed by atoms with Crippen LogP contribution >= 0.6 is 0 Å². The number of rotatable bonds is 7. The molecule has 1 aliphatic rings. The number of carboxylic acid groups (broad SMARTS) is 1. The van der Waals surface area contributed by atoms with Crippen molar-refractivity contribution in [2.75, 3.05) is 27.4 Å². The number of hydrogen-bond donors (Lipinski definition) is 2. The van der Waals surface area contributed by atoms with Crippen LogP contribution in [0.1, 0.15) is 37.4 Å². The van der Waals surface area contributed by atoms with Crippen LogP contribution in [0.2, 0.25) is 0 Å². The Labute approximate surface area is 200 Å². The van der Waals surface area contributed by atoms with E-state index in [2.05, 4.69) is 24.0 Å². The van der Waals surface area contributed by atoms with Gasteiger partial charge in [-0.05, 0) is 24.6 Å². The molecule has 9 nitrogen and oxygen atoms in total. The highest BCUT2D eigenvalue weighted by Crippen LogP contribution is 2.44. The third kappa shape index (κ3) is 3.82. The standard InChI is InChI=1S/C25H27FN4O5/c1-25(2,12-33-3)22-20(14-8-19(24(31)32)35-11-14)21-17(7-13-10-27-29-23(13)28-21)30(22)15-5-6-16(26)18(9-15)34-4/h5-7,9-10,14,19H,8,11-12H2,1-4H3,(H,31,32)(H,27,28,29)/t14-,19?/m0/s1. The number of pyridine rings is 1. The third-order valence-corrected chi connectivity index (χ3v) is 6.60. The zero-order valence-electron chi connectivity index (χ0n) is 20.0. The number of benzene rings is 1. The van der Waals surface area contributed by atoms with Crippen LogP contribution in [0.25, 0.3) is 27.8 Å². The molecule has 10 heteroatoms. The topological polar surface area (TPSA) is 111 Å². The molecule has 0 aliphatic carbocycles. The molecule has 2 N–H and O–H groups in total. The number of nitrogens with one attached hydrogen (secondary N) is 1. The zero-order valence-corrected chi connectivity index (χ0v) is 20.0. The quantitative estimate of drug-likeness (QED) is 0.411. The van der Waals surface area contributed by atoms with Gasteiger partial charge in [-0.25, -0.2) is 14.2 Å².